The predicted octanol–water partition coefficient (Wildman–Crippen LogP) is 2.88. The first-order valence-corrected chi connectivity index (χ1v) is 9.76. The van der Waals surface area contributed by atoms with Gasteiger partial charge in [0.05, 0.1) is 23.5 Å². The number of aromatic carboxylic acids is 1. The monoisotopic (exact) mass is 389 g/mol. The van der Waals surface area contributed by atoms with Crippen molar-refractivity contribution in [3.8, 4) is 5.75 Å². The van der Waals surface area contributed by atoms with Crippen molar-refractivity contribution in [3.63, 3.8) is 0 Å². The minimum atomic E-state index is -1.29. The van der Waals surface area contributed by atoms with Gasteiger partial charge in [-0.2, -0.15) is 0 Å². The van der Waals surface area contributed by atoms with E-state index in [1.807, 2.05) is 30.3 Å². The second kappa shape index (κ2) is 7.91. The summed E-state index contributed by atoms with van der Waals surface area (Å²) >= 11 is 0. The molecule has 4 rings (SSSR count). The van der Waals surface area contributed by atoms with Gasteiger partial charge in [0.2, 0.25) is 0 Å². The van der Waals surface area contributed by atoms with Gasteiger partial charge in [-0.05, 0) is 59.9 Å². The highest BCUT2D eigenvalue weighted by molar-refractivity contribution is 5.92. The van der Waals surface area contributed by atoms with Gasteiger partial charge in [-0.3, -0.25) is 9.36 Å². The van der Waals surface area contributed by atoms with Gasteiger partial charge in [-0.25, -0.2) is 4.98 Å². The molecule has 2 aromatic carbocycles. The van der Waals surface area contributed by atoms with Crippen molar-refractivity contribution in [2.24, 2.45) is 0 Å². The molecule has 6 nitrogen and oxygen atoms in total. The van der Waals surface area contributed by atoms with Crippen molar-refractivity contribution in [1.82, 2.24) is 9.55 Å². The maximum Gasteiger partial charge on any atom is 0.261 e. The summed E-state index contributed by atoms with van der Waals surface area (Å²) in [5.41, 5.74) is 2.17. The Morgan fingerprint density at radius 1 is 1.24 bits per heavy atom. The highest BCUT2D eigenvalue weighted by Gasteiger charge is 2.21. The number of unbranched alkanes of at least 4 members (excludes halogenated alkanes) is 1. The molecule has 1 aromatic heterocycles. The molecule has 0 saturated heterocycles. The molecular formula is C23H21N2O4-. The van der Waals surface area contributed by atoms with Gasteiger partial charge < -0.3 is 14.6 Å². The Morgan fingerprint density at radius 2 is 2.03 bits per heavy atom. The van der Waals surface area contributed by atoms with Gasteiger partial charge in [0.25, 0.3) is 5.56 Å². The Labute approximate surface area is 168 Å². The third-order valence-corrected chi connectivity index (χ3v) is 5.07. The number of ether oxygens (including phenoxy) is 1. The van der Waals surface area contributed by atoms with Crippen LogP contribution in [0, 0.1) is 0 Å². The third kappa shape index (κ3) is 3.78. The number of fused-ring (bicyclic) bond motifs is 2. The molecule has 2 heterocycles. The zero-order valence-electron chi connectivity index (χ0n) is 16.2. The van der Waals surface area contributed by atoms with E-state index in [2.05, 4.69) is 11.9 Å². The van der Waals surface area contributed by atoms with Crippen LogP contribution in [0.2, 0.25) is 0 Å². The van der Waals surface area contributed by atoms with Gasteiger partial charge in [-0.15, -0.1) is 0 Å². The molecule has 0 atom stereocenters. The average molecular weight is 389 g/mol. The van der Waals surface area contributed by atoms with Gasteiger partial charge in [0.1, 0.15) is 11.6 Å². The molecule has 0 fully saturated rings. The Hall–Kier alpha value is -3.41. The lowest BCUT2D eigenvalue weighted by Crippen LogP contribution is -2.23. The topological polar surface area (TPSA) is 84.2 Å². The van der Waals surface area contributed by atoms with Gasteiger partial charge in [-0.1, -0.05) is 31.5 Å². The summed E-state index contributed by atoms with van der Waals surface area (Å²) in [6.45, 7) is 3.39. The normalized spacial score (nSPS) is 14.3. The first-order chi connectivity index (χ1) is 14.1. The van der Waals surface area contributed by atoms with Crippen molar-refractivity contribution < 1.29 is 14.6 Å². The van der Waals surface area contributed by atoms with E-state index >= 15 is 0 Å². The molecule has 0 radical (unpaired) electrons. The SMILES string of the molecule is CCCCOc1ccc(/C=C2\CCn3c2nc2cc(C(=O)[O-])ccc2c3=O)cc1. The number of hydrogen-bond donors (Lipinski definition) is 0. The number of aromatic nitrogens is 2. The molecular weight excluding hydrogens is 368 g/mol. The molecule has 0 unspecified atom stereocenters. The van der Waals surface area contributed by atoms with E-state index in [4.69, 9.17) is 4.74 Å². The zero-order chi connectivity index (χ0) is 20.4. The van der Waals surface area contributed by atoms with E-state index < -0.39 is 5.97 Å². The summed E-state index contributed by atoms with van der Waals surface area (Å²) in [6, 6.07) is 12.1. The highest BCUT2D eigenvalue weighted by atomic mass is 16.5. The molecule has 29 heavy (non-hydrogen) atoms. The number of allylic oxidation sites excluding steroid dienone is 1. The third-order valence-electron chi connectivity index (χ3n) is 5.07. The number of hydrogen-bond acceptors (Lipinski definition) is 5. The molecule has 0 amide bonds. The quantitative estimate of drug-likeness (QED) is 0.605. The van der Waals surface area contributed by atoms with Crippen molar-refractivity contribution in [3.05, 3.63) is 69.8 Å². The second-order valence-corrected chi connectivity index (χ2v) is 7.10. The van der Waals surface area contributed by atoms with Crippen molar-refractivity contribution in [1.29, 1.82) is 0 Å². The van der Waals surface area contributed by atoms with Crippen LogP contribution in [0.15, 0.2) is 47.3 Å². The number of carbonyl (C=O) groups is 1. The highest BCUT2D eigenvalue weighted by Crippen LogP contribution is 2.28. The Balaban J connectivity index is 1.67. The van der Waals surface area contributed by atoms with Crippen LogP contribution in [-0.2, 0) is 6.54 Å². The number of nitrogens with zero attached hydrogens (tertiary/aromatic N) is 2. The fourth-order valence-corrected chi connectivity index (χ4v) is 3.48. The van der Waals surface area contributed by atoms with E-state index in [0.29, 0.717) is 36.3 Å². The first-order valence-electron chi connectivity index (χ1n) is 9.76. The van der Waals surface area contributed by atoms with Crippen molar-refractivity contribution >= 4 is 28.5 Å². The summed E-state index contributed by atoms with van der Waals surface area (Å²) in [5, 5.41) is 11.5. The number of carboxylic acids is 1. The van der Waals surface area contributed by atoms with Crippen molar-refractivity contribution in [2.45, 2.75) is 32.7 Å². The Kier molecular flexibility index (Phi) is 5.16. The van der Waals surface area contributed by atoms with Crippen LogP contribution in [0.3, 0.4) is 0 Å². The molecule has 0 aliphatic carbocycles. The fourth-order valence-electron chi connectivity index (χ4n) is 3.48. The van der Waals surface area contributed by atoms with Crippen molar-refractivity contribution in [2.75, 3.05) is 6.61 Å². The molecule has 1 aliphatic heterocycles. The van der Waals surface area contributed by atoms with Crippen LogP contribution in [0.25, 0.3) is 22.6 Å². The lowest BCUT2D eigenvalue weighted by Gasteiger charge is -2.08. The van der Waals surface area contributed by atoms with Crippen LogP contribution >= 0.6 is 0 Å². The zero-order valence-corrected chi connectivity index (χ0v) is 16.2. The van der Waals surface area contributed by atoms with E-state index in [0.717, 1.165) is 29.7 Å². The fraction of sp³-hybridized carbons (Fsp3) is 0.261. The molecule has 0 saturated carbocycles. The van der Waals surface area contributed by atoms with Gasteiger partial charge >= 0.3 is 0 Å². The largest absolute Gasteiger partial charge is 0.545 e. The summed E-state index contributed by atoms with van der Waals surface area (Å²) < 4.78 is 7.34. The smallest absolute Gasteiger partial charge is 0.261 e. The second-order valence-electron chi connectivity index (χ2n) is 7.10. The molecule has 6 heteroatoms. The molecule has 148 valence electrons. The lowest BCUT2D eigenvalue weighted by atomic mass is 10.1. The molecule has 0 bridgehead atoms. The van der Waals surface area contributed by atoms with E-state index in [-0.39, 0.29) is 11.1 Å². The standard InChI is InChI=1S/C23H22N2O4/c1-2-3-12-29-18-7-4-15(5-8-18)13-16-10-11-25-21(16)24-20-14-17(23(27)28)6-9-19(20)22(25)26/h4-9,13-14H,2-3,10-12H2,1H3,(H,27,28)/p-1/b16-13+. The summed E-state index contributed by atoms with van der Waals surface area (Å²) in [4.78, 5) is 28.5. The van der Waals surface area contributed by atoms with Crippen LogP contribution in [0.4, 0.5) is 0 Å². The van der Waals surface area contributed by atoms with Gasteiger partial charge in [0.15, 0.2) is 0 Å². The molecule has 3 aromatic rings. The lowest BCUT2D eigenvalue weighted by molar-refractivity contribution is -0.255. The van der Waals surface area contributed by atoms with Crippen LogP contribution in [-0.4, -0.2) is 22.1 Å². The molecule has 0 spiro atoms. The Morgan fingerprint density at radius 3 is 2.76 bits per heavy atom. The minimum Gasteiger partial charge on any atom is -0.545 e. The predicted molar refractivity (Wildman–Crippen MR) is 110 cm³/mol. The maximum atomic E-state index is 12.8. The summed E-state index contributed by atoms with van der Waals surface area (Å²) in [5.74, 6) is 0.134. The van der Waals surface area contributed by atoms with Crippen LogP contribution < -0.4 is 15.4 Å². The maximum absolute atomic E-state index is 12.8. The van der Waals surface area contributed by atoms with E-state index in [1.165, 1.54) is 18.2 Å². The minimum absolute atomic E-state index is 0.0107. The summed E-state index contributed by atoms with van der Waals surface area (Å²) in [7, 11) is 0. The number of carboxylic acid groups (broad SMARTS) is 1. The summed E-state index contributed by atoms with van der Waals surface area (Å²) in [6.07, 6.45) is 4.82. The molecule has 1 aliphatic rings. The molecule has 0 N–H and O–H groups in total. The average Bonchev–Trinajstić information content (AvgIpc) is 3.12. The number of carbonyl (C=O) groups excluding carboxylic acids is 1. The number of benzene rings is 2. The van der Waals surface area contributed by atoms with E-state index in [1.54, 1.807) is 4.57 Å². The van der Waals surface area contributed by atoms with E-state index in [9.17, 15) is 14.7 Å². The van der Waals surface area contributed by atoms with Gasteiger partial charge in [0, 0.05) is 6.54 Å². The van der Waals surface area contributed by atoms with Crippen LogP contribution in [0.1, 0.15) is 47.9 Å². The Bertz CT molecular complexity index is 1160. The van der Waals surface area contributed by atoms with Crippen LogP contribution in [0.5, 0.6) is 5.75 Å². The number of rotatable bonds is 6. The first kappa shape index (κ1) is 18.9.